The number of aromatic nitrogens is 1. The molecule has 1 aliphatic rings. The van der Waals surface area contributed by atoms with Gasteiger partial charge in [0, 0.05) is 12.8 Å². The predicted octanol–water partition coefficient (Wildman–Crippen LogP) is 3.89. The molecule has 2 aromatic rings. The summed E-state index contributed by atoms with van der Waals surface area (Å²) in [5.74, 6) is -0.386. The van der Waals surface area contributed by atoms with Crippen molar-refractivity contribution < 1.29 is 22.7 Å². The maximum atomic E-state index is 12.2. The summed E-state index contributed by atoms with van der Waals surface area (Å²) >= 11 is 7.25. The molecule has 0 spiro atoms. The van der Waals surface area contributed by atoms with Gasteiger partial charge in [-0.3, -0.25) is 10.1 Å². The first-order valence-electron chi connectivity index (χ1n) is 11.0. The fourth-order valence-electron chi connectivity index (χ4n) is 3.69. The highest BCUT2D eigenvalue weighted by Gasteiger charge is 2.23. The van der Waals surface area contributed by atoms with Crippen molar-refractivity contribution in [2.24, 2.45) is 5.73 Å². The molecular weight excluding hydrogens is 500 g/mol. The Morgan fingerprint density at radius 2 is 2.03 bits per heavy atom. The Morgan fingerprint density at radius 1 is 1.32 bits per heavy atom. The molecule has 0 bridgehead atoms. The second-order valence-corrected chi connectivity index (χ2v) is 11.7. The average molecular weight is 529 g/mol. The van der Waals surface area contributed by atoms with E-state index in [1.807, 2.05) is 0 Å². The number of nitrogens with zero attached hydrogens (tertiary/aromatic N) is 1. The zero-order chi connectivity index (χ0) is 24.9. The molecule has 0 saturated heterocycles. The number of nitrogens with two attached hydrogens (primary N) is 1. The number of hydrogen-bond donors (Lipinski definition) is 3. The van der Waals surface area contributed by atoms with Crippen molar-refractivity contribution in [1.29, 1.82) is 0 Å². The normalized spacial score (nSPS) is 15.2. The lowest BCUT2D eigenvalue weighted by Crippen LogP contribution is -2.36. The van der Waals surface area contributed by atoms with Crippen LogP contribution in [0.1, 0.15) is 44.2 Å². The highest BCUT2D eigenvalue weighted by Crippen LogP contribution is 2.35. The van der Waals surface area contributed by atoms with E-state index in [0.29, 0.717) is 35.8 Å². The molecule has 3 rings (SSSR count). The van der Waals surface area contributed by atoms with Crippen LogP contribution in [0.5, 0.6) is 0 Å². The third-order valence-corrected chi connectivity index (χ3v) is 8.18. The second-order valence-electron chi connectivity index (χ2n) is 8.32. The van der Waals surface area contributed by atoms with Crippen LogP contribution in [-0.4, -0.2) is 50.3 Å². The Hall–Kier alpha value is -2.21. The third kappa shape index (κ3) is 7.14. The number of ether oxygens (including phenoxy) is 1. The lowest BCUT2D eigenvalue weighted by Gasteiger charge is -2.15. The van der Waals surface area contributed by atoms with Crippen LogP contribution >= 0.6 is 22.9 Å². The monoisotopic (exact) mass is 528 g/mol. The summed E-state index contributed by atoms with van der Waals surface area (Å²) in [4.78, 5) is 29.4. The first-order chi connectivity index (χ1) is 16.0. The Kier molecular flexibility index (Phi) is 8.91. The van der Waals surface area contributed by atoms with Gasteiger partial charge < -0.3 is 15.8 Å². The lowest BCUT2D eigenvalue weighted by molar-refractivity contribution is -0.150. The minimum atomic E-state index is -3.49. The highest BCUT2D eigenvalue weighted by molar-refractivity contribution is 7.90. The van der Waals surface area contributed by atoms with Gasteiger partial charge in [-0.05, 0) is 63.1 Å². The van der Waals surface area contributed by atoms with E-state index in [2.05, 4.69) is 15.6 Å². The van der Waals surface area contributed by atoms with Gasteiger partial charge in [0.15, 0.2) is 15.0 Å². The van der Waals surface area contributed by atoms with Crippen LogP contribution in [0.2, 0.25) is 5.02 Å². The Bertz CT molecular complexity index is 1150. The molecule has 1 saturated carbocycles. The molecular formula is C22H29ClN4O5S2. The molecule has 34 heavy (non-hydrogen) atoms. The van der Waals surface area contributed by atoms with Crippen molar-refractivity contribution in [2.75, 3.05) is 18.1 Å². The van der Waals surface area contributed by atoms with Gasteiger partial charge in [0.25, 0.3) is 0 Å². The minimum Gasteiger partial charge on any atom is -0.461 e. The highest BCUT2D eigenvalue weighted by atomic mass is 35.5. The number of nitrogens with one attached hydrogen (secondary N) is 2. The molecule has 0 radical (unpaired) electrons. The van der Waals surface area contributed by atoms with E-state index in [0.717, 1.165) is 36.8 Å². The van der Waals surface area contributed by atoms with Crippen molar-refractivity contribution in [3.63, 3.8) is 0 Å². The van der Waals surface area contributed by atoms with E-state index in [1.165, 1.54) is 23.5 Å². The smallest absolute Gasteiger partial charge is 0.323 e. The maximum absolute atomic E-state index is 12.2. The molecule has 1 aromatic heterocycles. The Morgan fingerprint density at radius 3 is 2.71 bits per heavy atom. The second kappa shape index (κ2) is 11.5. The fourth-order valence-corrected chi connectivity index (χ4v) is 5.95. The zero-order valence-electron chi connectivity index (χ0n) is 19.1. The van der Waals surface area contributed by atoms with Crippen LogP contribution in [0.15, 0.2) is 23.1 Å². The molecule has 4 N–H and O–H groups in total. The molecule has 0 unspecified atom stereocenters. The van der Waals surface area contributed by atoms with Crippen molar-refractivity contribution in [1.82, 2.24) is 10.3 Å². The number of urea groups is 1. The van der Waals surface area contributed by atoms with Crippen LogP contribution < -0.4 is 16.4 Å². The molecule has 1 atom stereocenters. The topological polar surface area (TPSA) is 140 Å². The number of benzene rings is 1. The van der Waals surface area contributed by atoms with Gasteiger partial charge >= 0.3 is 12.0 Å². The molecule has 9 nitrogen and oxygen atoms in total. The minimum absolute atomic E-state index is 0.0140. The first-order valence-corrected chi connectivity index (χ1v) is 14.1. The number of hydrogen-bond acceptors (Lipinski definition) is 8. The van der Waals surface area contributed by atoms with Gasteiger partial charge in [0.05, 0.1) is 20.5 Å². The van der Waals surface area contributed by atoms with Crippen LogP contribution in [-0.2, 0) is 19.4 Å². The summed E-state index contributed by atoms with van der Waals surface area (Å²) in [7, 11) is -3.49. The number of rotatable bonds is 9. The zero-order valence-corrected chi connectivity index (χ0v) is 21.5. The quantitative estimate of drug-likeness (QED) is 0.331. The summed E-state index contributed by atoms with van der Waals surface area (Å²) in [6, 6.07) is 3.60. The molecule has 1 fully saturated rings. The molecule has 186 valence electrons. The van der Waals surface area contributed by atoms with Crippen LogP contribution in [0, 0.1) is 6.92 Å². The number of carbonyl (C=O) groups is 2. The first kappa shape index (κ1) is 26.4. The molecule has 1 heterocycles. The molecule has 1 aliphatic carbocycles. The molecule has 12 heteroatoms. The van der Waals surface area contributed by atoms with Gasteiger partial charge in [-0.1, -0.05) is 29.0 Å². The summed E-state index contributed by atoms with van der Waals surface area (Å²) in [6.45, 7) is 2.11. The van der Waals surface area contributed by atoms with Crippen LogP contribution in [0.4, 0.5) is 9.93 Å². The van der Waals surface area contributed by atoms with E-state index in [1.54, 1.807) is 13.0 Å². The molecule has 0 aliphatic heterocycles. The van der Waals surface area contributed by atoms with Crippen molar-refractivity contribution in [2.45, 2.75) is 62.5 Å². The van der Waals surface area contributed by atoms with Gasteiger partial charge in [-0.2, -0.15) is 0 Å². The van der Waals surface area contributed by atoms with Crippen molar-refractivity contribution in [3.8, 4) is 10.4 Å². The van der Waals surface area contributed by atoms with Gasteiger partial charge in [0.2, 0.25) is 0 Å². The van der Waals surface area contributed by atoms with Crippen LogP contribution in [0.25, 0.3) is 10.4 Å². The number of halogens is 1. The van der Waals surface area contributed by atoms with Crippen molar-refractivity contribution >= 4 is 49.9 Å². The average Bonchev–Trinajstić information content (AvgIpc) is 3.40. The third-order valence-electron chi connectivity index (χ3n) is 5.48. The van der Waals surface area contributed by atoms with E-state index in [4.69, 9.17) is 22.1 Å². The van der Waals surface area contributed by atoms with E-state index in [9.17, 15) is 18.0 Å². The summed E-state index contributed by atoms with van der Waals surface area (Å²) in [5.41, 5.74) is 7.19. The number of amides is 2. The molecule has 2 amide bonds. The van der Waals surface area contributed by atoms with Crippen molar-refractivity contribution in [3.05, 3.63) is 28.9 Å². The predicted molar refractivity (Wildman–Crippen MR) is 133 cm³/mol. The SMILES string of the molecule is Cc1nc(NC(=O)NCCC[C@@H](N)C(=O)OC2CCCC2)sc1-c1ccc(Cl)c(S(C)(=O)=O)c1. The number of thiazole rings is 1. The van der Waals surface area contributed by atoms with E-state index < -0.39 is 21.9 Å². The van der Waals surface area contributed by atoms with Gasteiger partial charge in [-0.25, -0.2) is 18.2 Å². The number of anilines is 1. The lowest BCUT2D eigenvalue weighted by atomic mass is 10.1. The number of aryl methyl sites for hydroxylation is 1. The largest absolute Gasteiger partial charge is 0.461 e. The standard InChI is InChI=1S/C22H29ClN4O5S2/c1-13-19(14-9-10-16(23)18(12-14)34(2,30)31)33-22(26-13)27-21(29)25-11-5-8-17(24)20(28)32-15-6-3-4-7-15/h9-10,12,15,17H,3-8,11,24H2,1-2H3,(H2,25,26,27,29)/t17-/m1/s1. The summed E-state index contributed by atoms with van der Waals surface area (Å²) in [6.07, 6.45) is 5.97. The Labute approximate surface area is 208 Å². The summed E-state index contributed by atoms with van der Waals surface area (Å²) < 4.78 is 29.3. The van der Waals surface area contributed by atoms with Gasteiger partial charge in [0.1, 0.15) is 12.1 Å². The molecule has 1 aromatic carbocycles. The number of esters is 1. The summed E-state index contributed by atoms with van der Waals surface area (Å²) in [5, 5.41) is 5.92. The van der Waals surface area contributed by atoms with Crippen LogP contribution in [0.3, 0.4) is 0 Å². The van der Waals surface area contributed by atoms with Gasteiger partial charge in [-0.15, -0.1) is 0 Å². The maximum Gasteiger partial charge on any atom is 0.323 e. The van der Waals surface area contributed by atoms with E-state index >= 15 is 0 Å². The number of carbonyl (C=O) groups excluding carboxylic acids is 2. The Balaban J connectivity index is 1.49. The number of sulfone groups is 1. The fraction of sp³-hybridized carbons (Fsp3) is 0.500. The van der Waals surface area contributed by atoms with E-state index in [-0.39, 0.29) is 22.0 Å².